The van der Waals surface area contributed by atoms with Crippen molar-refractivity contribution in [3.63, 3.8) is 0 Å². The van der Waals surface area contributed by atoms with Crippen LogP contribution < -0.4 is 10.8 Å². The highest BCUT2D eigenvalue weighted by molar-refractivity contribution is 5.97. The number of amides is 1. The Morgan fingerprint density at radius 3 is 2.57 bits per heavy atom. The molecule has 0 saturated heterocycles. The zero-order valence-corrected chi connectivity index (χ0v) is 16.3. The van der Waals surface area contributed by atoms with Crippen molar-refractivity contribution in [3.05, 3.63) is 59.4 Å². The van der Waals surface area contributed by atoms with E-state index in [1.807, 2.05) is 6.92 Å². The summed E-state index contributed by atoms with van der Waals surface area (Å²) in [6.45, 7) is 4.48. The minimum atomic E-state index is -0.574. The number of hydrogen-bond acceptors (Lipinski definition) is 4. The van der Waals surface area contributed by atoms with Crippen molar-refractivity contribution in [3.8, 4) is 0 Å². The van der Waals surface area contributed by atoms with Crippen molar-refractivity contribution in [1.29, 1.82) is 0 Å². The number of carbonyl (C=O) groups excluding carboxylic acids is 1. The zero-order chi connectivity index (χ0) is 20.5. The highest BCUT2D eigenvalue weighted by Gasteiger charge is 2.15. The number of amidine groups is 1. The Balaban J connectivity index is 2.22. The first-order valence-corrected chi connectivity index (χ1v) is 9.13. The van der Waals surface area contributed by atoms with E-state index in [4.69, 9.17) is 9.94 Å². The zero-order valence-electron chi connectivity index (χ0n) is 16.3. The third-order valence-electron chi connectivity index (χ3n) is 4.45. The summed E-state index contributed by atoms with van der Waals surface area (Å²) in [6, 6.07) is 11.2. The SMILES string of the molecule is CCC(CCOC)c1cc(F)ccc1N=C(C)Nc1ccc(C(=O)NO)cc1. The van der Waals surface area contributed by atoms with E-state index < -0.39 is 5.91 Å². The van der Waals surface area contributed by atoms with Crippen molar-refractivity contribution in [2.24, 2.45) is 4.99 Å². The van der Waals surface area contributed by atoms with Crippen molar-refractivity contribution < 1.29 is 19.1 Å². The van der Waals surface area contributed by atoms with Gasteiger partial charge in [0.05, 0.1) is 5.69 Å². The van der Waals surface area contributed by atoms with Crippen LogP contribution in [0.4, 0.5) is 15.8 Å². The predicted molar refractivity (Wildman–Crippen MR) is 108 cm³/mol. The van der Waals surface area contributed by atoms with E-state index in [9.17, 15) is 9.18 Å². The van der Waals surface area contributed by atoms with Gasteiger partial charge in [0.2, 0.25) is 0 Å². The number of carbonyl (C=O) groups is 1. The second-order valence-electron chi connectivity index (χ2n) is 6.43. The number of methoxy groups -OCH3 is 1. The van der Waals surface area contributed by atoms with Gasteiger partial charge >= 0.3 is 0 Å². The van der Waals surface area contributed by atoms with Crippen molar-refractivity contribution in [1.82, 2.24) is 5.48 Å². The summed E-state index contributed by atoms with van der Waals surface area (Å²) in [5.41, 5.74) is 4.25. The lowest BCUT2D eigenvalue weighted by atomic mass is 9.92. The van der Waals surface area contributed by atoms with E-state index in [2.05, 4.69) is 17.2 Å². The standard InChI is InChI=1S/C21H26FN3O3/c1-4-15(11-12-28-3)19-13-17(22)7-10-20(19)24-14(2)23-18-8-5-16(6-9-18)21(26)25-27/h5-10,13,15,27H,4,11-12H2,1-3H3,(H,23,24)(H,25,26). The van der Waals surface area contributed by atoms with Crippen molar-refractivity contribution in [2.45, 2.75) is 32.6 Å². The van der Waals surface area contributed by atoms with Crippen LogP contribution in [0.1, 0.15) is 48.5 Å². The number of hydrogen-bond donors (Lipinski definition) is 3. The molecule has 2 aromatic rings. The van der Waals surface area contributed by atoms with E-state index in [-0.39, 0.29) is 11.7 Å². The van der Waals surface area contributed by atoms with E-state index in [1.165, 1.54) is 12.1 Å². The van der Waals surface area contributed by atoms with Crippen LogP contribution in [0.25, 0.3) is 0 Å². The van der Waals surface area contributed by atoms with E-state index in [0.29, 0.717) is 23.7 Å². The van der Waals surface area contributed by atoms with Gasteiger partial charge in [-0.05, 0) is 73.7 Å². The fraction of sp³-hybridized carbons (Fsp3) is 0.333. The van der Waals surface area contributed by atoms with E-state index in [0.717, 1.165) is 24.1 Å². The van der Waals surface area contributed by atoms with Crippen LogP contribution in [0, 0.1) is 5.82 Å². The van der Waals surface area contributed by atoms with Gasteiger partial charge in [-0.25, -0.2) is 14.9 Å². The van der Waals surface area contributed by atoms with Crippen LogP contribution >= 0.6 is 0 Å². The van der Waals surface area contributed by atoms with Gasteiger partial charge in [0.15, 0.2) is 0 Å². The second-order valence-corrected chi connectivity index (χ2v) is 6.43. The van der Waals surface area contributed by atoms with Gasteiger partial charge in [-0.2, -0.15) is 0 Å². The Morgan fingerprint density at radius 2 is 1.96 bits per heavy atom. The topological polar surface area (TPSA) is 83.0 Å². The van der Waals surface area contributed by atoms with Gasteiger partial charge < -0.3 is 10.1 Å². The number of anilines is 1. The molecule has 0 aliphatic rings. The summed E-state index contributed by atoms with van der Waals surface area (Å²) >= 11 is 0. The summed E-state index contributed by atoms with van der Waals surface area (Å²) in [6.07, 6.45) is 1.65. The molecule has 2 rings (SSSR count). The molecular weight excluding hydrogens is 361 g/mol. The number of nitrogens with zero attached hydrogens (tertiary/aromatic N) is 1. The minimum absolute atomic E-state index is 0.151. The summed E-state index contributed by atoms with van der Waals surface area (Å²) in [5, 5.41) is 11.8. The number of benzene rings is 2. The number of hydroxylamine groups is 1. The molecule has 0 aromatic heterocycles. The average Bonchev–Trinajstić information content (AvgIpc) is 2.70. The van der Waals surface area contributed by atoms with Crippen LogP contribution in [0.3, 0.4) is 0 Å². The van der Waals surface area contributed by atoms with Crippen LogP contribution in [0.15, 0.2) is 47.5 Å². The molecule has 28 heavy (non-hydrogen) atoms. The van der Waals surface area contributed by atoms with E-state index >= 15 is 0 Å². The molecule has 150 valence electrons. The fourth-order valence-electron chi connectivity index (χ4n) is 2.98. The first-order valence-electron chi connectivity index (χ1n) is 9.13. The lowest BCUT2D eigenvalue weighted by Gasteiger charge is -2.18. The molecular formula is C21H26FN3O3. The quantitative estimate of drug-likeness (QED) is 0.267. The molecule has 0 heterocycles. The van der Waals surface area contributed by atoms with Crippen molar-refractivity contribution >= 4 is 23.1 Å². The summed E-state index contributed by atoms with van der Waals surface area (Å²) in [5.74, 6) is -0.0740. The van der Waals surface area contributed by atoms with Gasteiger partial charge in [0.25, 0.3) is 5.91 Å². The van der Waals surface area contributed by atoms with Gasteiger partial charge in [0, 0.05) is 25.0 Å². The molecule has 0 bridgehead atoms. The molecule has 7 heteroatoms. The highest BCUT2D eigenvalue weighted by Crippen LogP contribution is 2.32. The molecule has 1 amide bonds. The molecule has 0 saturated carbocycles. The Hall–Kier alpha value is -2.77. The van der Waals surface area contributed by atoms with Crippen molar-refractivity contribution in [2.75, 3.05) is 19.0 Å². The second kappa shape index (κ2) is 10.5. The molecule has 1 unspecified atom stereocenters. The maximum absolute atomic E-state index is 13.8. The largest absolute Gasteiger partial charge is 0.385 e. The first kappa shape index (κ1) is 21.5. The van der Waals surface area contributed by atoms with Crippen LogP contribution in [0.5, 0.6) is 0 Å². The molecule has 0 fully saturated rings. The first-order chi connectivity index (χ1) is 13.5. The smallest absolute Gasteiger partial charge is 0.274 e. The molecule has 0 spiro atoms. The maximum atomic E-state index is 13.8. The Kier molecular flexibility index (Phi) is 8.10. The molecule has 0 radical (unpaired) electrons. The third kappa shape index (κ3) is 5.87. The van der Waals surface area contributed by atoms with Crippen LogP contribution in [-0.2, 0) is 4.74 Å². The maximum Gasteiger partial charge on any atom is 0.274 e. The predicted octanol–water partition coefficient (Wildman–Crippen LogP) is 4.64. The van der Waals surface area contributed by atoms with Gasteiger partial charge in [-0.15, -0.1) is 0 Å². The monoisotopic (exact) mass is 387 g/mol. The molecule has 0 aliphatic heterocycles. The number of nitrogens with one attached hydrogen (secondary N) is 2. The van der Waals surface area contributed by atoms with Gasteiger partial charge in [-0.1, -0.05) is 6.92 Å². The molecule has 6 nitrogen and oxygen atoms in total. The number of halogens is 1. The number of rotatable bonds is 8. The van der Waals surface area contributed by atoms with Gasteiger partial charge in [0.1, 0.15) is 11.7 Å². The van der Waals surface area contributed by atoms with E-state index in [1.54, 1.807) is 42.9 Å². The lowest BCUT2D eigenvalue weighted by Crippen LogP contribution is -2.18. The molecule has 3 N–H and O–H groups in total. The van der Waals surface area contributed by atoms with Crippen LogP contribution in [0.2, 0.25) is 0 Å². The molecule has 0 aliphatic carbocycles. The lowest BCUT2D eigenvalue weighted by molar-refractivity contribution is 0.0706. The third-order valence-corrected chi connectivity index (χ3v) is 4.45. The fourth-order valence-corrected chi connectivity index (χ4v) is 2.98. The molecule has 1 atom stereocenters. The molecule has 2 aromatic carbocycles. The average molecular weight is 387 g/mol. The highest BCUT2D eigenvalue weighted by atomic mass is 19.1. The number of aliphatic imine (C=N–C) groups is 1. The Bertz CT molecular complexity index is 822. The number of ether oxygens (including phenoxy) is 1. The normalized spacial score (nSPS) is 12.5. The van der Waals surface area contributed by atoms with Gasteiger partial charge in [-0.3, -0.25) is 10.0 Å². The Morgan fingerprint density at radius 1 is 1.25 bits per heavy atom. The summed E-state index contributed by atoms with van der Waals surface area (Å²) in [4.78, 5) is 16.0. The Labute approximate surface area is 164 Å². The summed E-state index contributed by atoms with van der Waals surface area (Å²) < 4.78 is 19.0. The van der Waals surface area contributed by atoms with Crippen LogP contribution in [-0.4, -0.2) is 30.7 Å². The summed E-state index contributed by atoms with van der Waals surface area (Å²) in [7, 11) is 1.65. The minimum Gasteiger partial charge on any atom is -0.385 e.